The Morgan fingerprint density at radius 1 is 1.38 bits per heavy atom. The van der Waals surface area contributed by atoms with Crippen LogP contribution in [0.25, 0.3) is 11.3 Å². The van der Waals surface area contributed by atoms with Crippen molar-refractivity contribution in [3.05, 3.63) is 41.6 Å². The lowest BCUT2D eigenvalue weighted by atomic mass is 9.89. The van der Waals surface area contributed by atoms with Crippen molar-refractivity contribution in [3.63, 3.8) is 0 Å². The number of hydrogen-bond donors (Lipinski definition) is 2. The number of fused-ring (bicyclic) bond motifs is 1. The second-order valence-corrected chi connectivity index (χ2v) is 5.44. The molecule has 0 saturated heterocycles. The Morgan fingerprint density at radius 3 is 2.86 bits per heavy atom. The number of carboxylic acids is 1. The van der Waals surface area contributed by atoms with Crippen LogP contribution in [-0.2, 0) is 17.8 Å². The molecule has 0 spiro atoms. The van der Waals surface area contributed by atoms with Gasteiger partial charge in [-0.25, -0.2) is 0 Å². The molecule has 0 radical (unpaired) electrons. The number of aryl methyl sites for hydroxylation is 1. The highest BCUT2D eigenvalue weighted by molar-refractivity contribution is 5.67. The van der Waals surface area contributed by atoms with Gasteiger partial charge < -0.3 is 10.8 Å². The first-order valence-electron chi connectivity index (χ1n) is 7.29. The van der Waals surface area contributed by atoms with Crippen LogP contribution < -0.4 is 5.73 Å². The van der Waals surface area contributed by atoms with Crippen LogP contribution in [0.3, 0.4) is 0 Å². The largest absolute Gasteiger partial charge is 0.481 e. The highest BCUT2D eigenvalue weighted by atomic mass is 16.4. The van der Waals surface area contributed by atoms with Crippen LogP contribution >= 0.6 is 0 Å². The van der Waals surface area contributed by atoms with Crippen LogP contribution in [0.2, 0.25) is 0 Å². The van der Waals surface area contributed by atoms with Crippen LogP contribution in [0.4, 0.5) is 0 Å². The minimum atomic E-state index is -0.805. The van der Waals surface area contributed by atoms with Gasteiger partial charge in [0.25, 0.3) is 0 Å². The number of aliphatic carboxylic acids is 1. The van der Waals surface area contributed by atoms with Crippen molar-refractivity contribution < 1.29 is 9.90 Å². The fourth-order valence-corrected chi connectivity index (χ4v) is 2.99. The van der Waals surface area contributed by atoms with Crippen molar-refractivity contribution in [3.8, 4) is 11.3 Å². The smallest absolute Gasteiger partial charge is 0.305 e. The van der Waals surface area contributed by atoms with Gasteiger partial charge in [0.15, 0.2) is 0 Å². The number of carboxylic acid groups (broad SMARTS) is 1. The van der Waals surface area contributed by atoms with Crippen molar-refractivity contribution in [1.29, 1.82) is 0 Å². The lowest BCUT2D eigenvalue weighted by Crippen LogP contribution is -2.19. The predicted molar refractivity (Wildman–Crippen MR) is 79.8 cm³/mol. The van der Waals surface area contributed by atoms with E-state index in [2.05, 4.69) is 5.10 Å². The summed E-state index contributed by atoms with van der Waals surface area (Å²) < 4.78 is 1.84. The van der Waals surface area contributed by atoms with E-state index in [1.165, 1.54) is 0 Å². The van der Waals surface area contributed by atoms with Crippen molar-refractivity contribution in [1.82, 2.24) is 9.78 Å². The number of nitrogens with two attached hydrogens (primary N) is 1. The highest BCUT2D eigenvalue weighted by Gasteiger charge is 2.26. The van der Waals surface area contributed by atoms with Gasteiger partial charge in [0.2, 0.25) is 0 Å². The summed E-state index contributed by atoms with van der Waals surface area (Å²) in [6.07, 6.45) is 2.98. The number of nitrogens with zero attached hydrogens (tertiary/aromatic N) is 2. The normalized spacial score (nSPS) is 17.5. The molecular weight excluding hydrogens is 266 g/mol. The number of aromatic nitrogens is 2. The maximum absolute atomic E-state index is 10.8. The van der Waals surface area contributed by atoms with E-state index >= 15 is 0 Å². The summed E-state index contributed by atoms with van der Waals surface area (Å²) in [6.45, 7) is 0.400. The molecule has 5 nitrogen and oxygen atoms in total. The molecule has 110 valence electrons. The molecule has 1 aromatic heterocycles. The summed E-state index contributed by atoms with van der Waals surface area (Å²) in [4.78, 5) is 10.8. The third-order valence-corrected chi connectivity index (χ3v) is 3.98. The average Bonchev–Trinajstić information content (AvgIpc) is 2.86. The summed E-state index contributed by atoms with van der Waals surface area (Å²) in [5.74, 6) is -0.805. The third-order valence-electron chi connectivity index (χ3n) is 3.98. The summed E-state index contributed by atoms with van der Waals surface area (Å²) in [6, 6.07) is 9.95. The van der Waals surface area contributed by atoms with E-state index in [9.17, 15) is 4.79 Å². The molecule has 3 N–H and O–H groups in total. The molecular formula is C16H19N3O2. The third kappa shape index (κ3) is 2.69. The standard InChI is InChI=1S/C16H19N3O2/c17-12-7-4-8-13-15(12)16(11-5-2-1-3-6-11)18-19(13)10-9-14(20)21/h1-3,5-6,12H,4,7-10,17H2,(H,20,21). The van der Waals surface area contributed by atoms with E-state index in [0.29, 0.717) is 6.54 Å². The van der Waals surface area contributed by atoms with Crippen LogP contribution in [-0.4, -0.2) is 20.9 Å². The van der Waals surface area contributed by atoms with Crippen molar-refractivity contribution in [2.75, 3.05) is 0 Å². The molecule has 1 atom stereocenters. The van der Waals surface area contributed by atoms with Gasteiger partial charge in [0.05, 0.1) is 18.7 Å². The van der Waals surface area contributed by atoms with E-state index in [1.54, 1.807) is 0 Å². The minimum Gasteiger partial charge on any atom is -0.481 e. The van der Waals surface area contributed by atoms with Gasteiger partial charge in [-0.3, -0.25) is 9.48 Å². The van der Waals surface area contributed by atoms with E-state index in [0.717, 1.165) is 41.8 Å². The van der Waals surface area contributed by atoms with Crippen molar-refractivity contribution in [2.45, 2.75) is 38.3 Å². The molecule has 0 aliphatic heterocycles. The van der Waals surface area contributed by atoms with Crippen molar-refractivity contribution in [2.24, 2.45) is 5.73 Å². The number of rotatable bonds is 4. The number of carbonyl (C=O) groups is 1. The van der Waals surface area contributed by atoms with Crippen LogP contribution in [0.5, 0.6) is 0 Å². The zero-order valence-corrected chi connectivity index (χ0v) is 11.8. The van der Waals surface area contributed by atoms with Crippen LogP contribution in [0, 0.1) is 0 Å². The Bertz CT molecular complexity index is 649. The summed E-state index contributed by atoms with van der Waals surface area (Å²) in [5, 5.41) is 13.5. The van der Waals surface area contributed by atoms with Gasteiger partial charge in [-0.05, 0) is 19.3 Å². The molecule has 1 aromatic carbocycles. The van der Waals surface area contributed by atoms with Gasteiger partial charge in [-0.1, -0.05) is 30.3 Å². The molecule has 2 aromatic rings. The topological polar surface area (TPSA) is 81.1 Å². The second kappa shape index (κ2) is 5.69. The molecule has 0 amide bonds. The van der Waals surface area contributed by atoms with Gasteiger partial charge >= 0.3 is 5.97 Å². The maximum Gasteiger partial charge on any atom is 0.305 e. The van der Waals surface area contributed by atoms with Gasteiger partial charge in [-0.2, -0.15) is 5.10 Å². The van der Waals surface area contributed by atoms with Crippen LogP contribution in [0.15, 0.2) is 30.3 Å². The van der Waals surface area contributed by atoms with E-state index in [1.807, 2.05) is 35.0 Å². The molecule has 1 unspecified atom stereocenters. The zero-order valence-electron chi connectivity index (χ0n) is 11.8. The molecule has 0 fully saturated rings. The van der Waals surface area contributed by atoms with E-state index in [-0.39, 0.29) is 12.5 Å². The maximum atomic E-state index is 10.8. The lowest BCUT2D eigenvalue weighted by Gasteiger charge is -2.20. The fraction of sp³-hybridized carbons (Fsp3) is 0.375. The average molecular weight is 285 g/mol. The molecule has 1 aliphatic rings. The quantitative estimate of drug-likeness (QED) is 0.903. The Hall–Kier alpha value is -2.14. The molecule has 1 aliphatic carbocycles. The van der Waals surface area contributed by atoms with Gasteiger partial charge in [-0.15, -0.1) is 0 Å². The first-order valence-corrected chi connectivity index (χ1v) is 7.29. The monoisotopic (exact) mass is 285 g/mol. The minimum absolute atomic E-state index is 0.0115. The Morgan fingerprint density at radius 2 is 2.14 bits per heavy atom. The number of hydrogen-bond acceptors (Lipinski definition) is 3. The molecule has 0 bridgehead atoms. The SMILES string of the molecule is NC1CCCc2c1c(-c1ccccc1)nn2CCC(=O)O. The molecule has 21 heavy (non-hydrogen) atoms. The molecule has 3 rings (SSSR count). The van der Waals surface area contributed by atoms with Gasteiger partial charge in [0, 0.05) is 22.9 Å². The Labute approximate surface area is 123 Å². The van der Waals surface area contributed by atoms with Gasteiger partial charge in [0.1, 0.15) is 0 Å². The Kier molecular flexibility index (Phi) is 3.75. The molecule has 5 heteroatoms. The molecule has 1 heterocycles. The first-order chi connectivity index (χ1) is 10.2. The van der Waals surface area contributed by atoms with Crippen molar-refractivity contribution >= 4 is 5.97 Å². The molecule has 0 saturated carbocycles. The fourth-order valence-electron chi connectivity index (χ4n) is 2.99. The van der Waals surface area contributed by atoms with Crippen LogP contribution in [0.1, 0.15) is 36.6 Å². The summed E-state index contributed by atoms with van der Waals surface area (Å²) >= 11 is 0. The predicted octanol–water partition coefficient (Wildman–Crippen LogP) is 2.36. The second-order valence-electron chi connectivity index (χ2n) is 5.44. The number of benzene rings is 1. The Balaban J connectivity index is 2.05. The lowest BCUT2D eigenvalue weighted by molar-refractivity contribution is -0.137. The van der Waals surface area contributed by atoms with E-state index in [4.69, 9.17) is 10.8 Å². The first kappa shape index (κ1) is 13.8. The van der Waals surface area contributed by atoms with E-state index < -0.39 is 5.97 Å². The zero-order chi connectivity index (χ0) is 14.8. The highest BCUT2D eigenvalue weighted by Crippen LogP contribution is 2.35. The summed E-state index contributed by atoms with van der Waals surface area (Å²) in [5.41, 5.74) is 10.4. The summed E-state index contributed by atoms with van der Waals surface area (Å²) in [7, 11) is 0.